The summed E-state index contributed by atoms with van der Waals surface area (Å²) in [6.07, 6.45) is 3.55. The number of amides is 1. The van der Waals surface area contributed by atoms with Gasteiger partial charge < -0.3 is 10.2 Å². The van der Waals surface area contributed by atoms with E-state index in [9.17, 15) is 18.0 Å². The van der Waals surface area contributed by atoms with Crippen LogP contribution < -0.4 is 10.2 Å². The summed E-state index contributed by atoms with van der Waals surface area (Å²) in [6, 6.07) is 2.70. The van der Waals surface area contributed by atoms with Crippen molar-refractivity contribution in [2.24, 2.45) is 0 Å². The van der Waals surface area contributed by atoms with Crippen molar-refractivity contribution in [2.45, 2.75) is 38.0 Å². The molecule has 9 heteroatoms. The molecule has 0 radical (unpaired) electrons. The van der Waals surface area contributed by atoms with Gasteiger partial charge in [0.1, 0.15) is 11.6 Å². The van der Waals surface area contributed by atoms with Crippen LogP contribution in [0.15, 0.2) is 18.3 Å². The van der Waals surface area contributed by atoms with Gasteiger partial charge in [-0.25, -0.2) is 9.97 Å². The molecular weight excluding hydrogens is 347 g/mol. The van der Waals surface area contributed by atoms with E-state index in [-0.39, 0.29) is 17.1 Å². The first kappa shape index (κ1) is 16.7. The number of alkyl halides is 2. The summed E-state index contributed by atoms with van der Waals surface area (Å²) in [5.41, 5.74) is 1.52. The second-order valence-electron chi connectivity index (χ2n) is 6.90. The summed E-state index contributed by atoms with van der Waals surface area (Å²) in [5, 5.41) is 2.60. The van der Waals surface area contributed by atoms with E-state index in [0.29, 0.717) is 25.0 Å². The lowest BCUT2D eigenvalue weighted by molar-refractivity contribution is -0.114. The molecule has 1 amide bonds. The molecule has 0 atom stereocenters. The first-order chi connectivity index (χ1) is 12.2. The molecule has 1 spiro atoms. The molecule has 2 aromatic rings. The second kappa shape index (κ2) is 5.39. The Bertz CT molecular complexity index is 908. The molecule has 0 bridgehead atoms. The average molecular weight is 363 g/mol. The summed E-state index contributed by atoms with van der Waals surface area (Å²) in [7, 11) is 0. The van der Waals surface area contributed by atoms with Crippen LogP contribution in [0.3, 0.4) is 0 Å². The minimum absolute atomic E-state index is 0.0685. The molecule has 6 nitrogen and oxygen atoms in total. The van der Waals surface area contributed by atoms with Gasteiger partial charge in [-0.05, 0) is 12.8 Å². The van der Waals surface area contributed by atoms with E-state index >= 15 is 0 Å². The van der Waals surface area contributed by atoms with Crippen LogP contribution in [0.25, 0.3) is 0 Å². The Hall–Kier alpha value is -2.71. The molecule has 2 aliphatic rings. The number of nitrogens with one attached hydrogen (secondary N) is 1. The van der Waals surface area contributed by atoms with Gasteiger partial charge in [0.05, 0.1) is 5.69 Å². The minimum atomic E-state index is -3.35. The van der Waals surface area contributed by atoms with Crippen LogP contribution in [0.1, 0.15) is 38.1 Å². The number of hydrogen-bond acceptors (Lipinski definition) is 5. The van der Waals surface area contributed by atoms with Crippen LogP contribution in [0.5, 0.6) is 0 Å². The van der Waals surface area contributed by atoms with E-state index < -0.39 is 17.7 Å². The fraction of sp³-hybridized carbons (Fsp3) is 0.412. The highest BCUT2D eigenvalue weighted by Gasteiger charge is 2.52. The number of nitrogens with zero attached hydrogens (tertiary/aromatic N) is 4. The highest BCUT2D eigenvalue weighted by atomic mass is 19.3. The van der Waals surface area contributed by atoms with Crippen LogP contribution in [0.2, 0.25) is 0 Å². The predicted octanol–water partition coefficient (Wildman–Crippen LogP) is 3.26. The van der Waals surface area contributed by atoms with Crippen molar-refractivity contribution in [1.82, 2.24) is 15.0 Å². The summed E-state index contributed by atoms with van der Waals surface area (Å²) in [4.78, 5) is 24.3. The lowest BCUT2D eigenvalue weighted by Gasteiger charge is -2.20. The van der Waals surface area contributed by atoms with Crippen LogP contribution in [-0.2, 0) is 16.1 Å². The Morgan fingerprint density at radius 1 is 1.31 bits per heavy atom. The highest BCUT2D eigenvalue weighted by Crippen LogP contribution is 2.58. The number of rotatable bonds is 3. The summed E-state index contributed by atoms with van der Waals surface area (Å²) >= 11 is 0. The first-order valence-electron chi connectivity index (χ1n) is 8.16. The van der Waals surface area contributed by atoms with Gasteiger partial charge in [0, 0.05) is 49.7 Å². The fourth-order valence-corrected chi connectivity index (χ4v) is 3.32. The molecule has 4 rings (SSSR count). The smallest absolute Gasteiger partial charge is 0.304 e. The lowest BCUT2D eigenvalue weighted by Crippen LogP contribution is -2.23. The monoisotopic (exact) mass is 363 g/mol. The Labute approximate surface area is 147 Å². The molecule has 0 unspecified atom stereocenters. The van der Waals surface area contributed by atoms with Crippen LogP contribution in [0, 0.1) is 5.95 Å². The molecule has 3 heterocycles. The fourth-order valence-electron chi connectivity index (χ4n) is 3.32. The van der Waals surface area contributed by atoms with E-state index in [1.54, 1.807) is 17.2 Å². The Morgan fingerprint density at radius 3 is 2.65 bits per heavy atom. The molecule has 2 aromatic heterocycles. The lowest BCUT2D eigenvalue weighted by atomic mass is 10.0. The highest BCUT2D eigenvalue weighted by molar-refractivity contribution is 5.89. The van der Waals surface area contributed by atoms with Gasteiger partial charge in [0.15, 0.2) is 0 Å². The normalized spacial score (nSPS) is 17.3. The largest absolute Gasteiger partial charge is 0.325 e. The quantitative estimate of drug-likeness (QED) is 0.848. The number of pyridine rings is 1. The molecule has 26 heavy (non-hydrogen) atoms. The zero-order valence-electron chi connectivity index (χ0n) is 14.2. The van der Waals surface area contributed by atoms with E-state index in [2.05, 4.69) is 20.3 Å². The summed E-state index contributed by atoms with van der Waals surface area (Å²) < 4.78 is 41.1. The van der Waals surface area contributed by atoms with E-state index in [0.717, 1.165) is 24.5 Å². The van der Waals surface area contributed by atoms with Crippen molar-refractivity contribution in [3.63, 3.8) is 0 Å². The molecule has 0 saturated heterocycles. The van der Waals surface area contributed by atoms with Crippen LogP contribution in [0.4, 0.5) is 30.5 Å². The Morgan fingerprint density at radius 2 is 2.04 bits per heavy atom. The van der Waals surface area contributed by atoms with Crippen LogP contribution in [-0.4, -0.2) is 27.4 Å². The number of hydrogen-bond donors (Lipinski definition) is 1. The summed E-state index contributed by atoms with van der Waals surface area (Å²) in [5.74, 6) is -5.09. The van der Waals surface area contributed by atoms with Gasteiger partial charge in [-0.3, -0.25) is 4.79 Å². The minimum Gasteiger partial charge on any atom is -0.325 e. The third-order valence-electron chi connectivity index (χ3n) is 4.71. The van der Waals surface area contributed by atoms with Crippen molar-refractivity contribution in [3.8, 4) is 0 Å². The zero-order valence-corrected chi connectivity index (χ0v) is 14.2. The number of halogens is 3. The summed E-state index contributed by atoms with van der Waals surface area (Å²) in [6.45, 7) is 2.49. The van der Waals surface area contributed by atoms with Crippen molar-refractivity contribution in [1.29, 1.82) is 0 Å². The Kier molecular flexibility index (Phi) is 3.47. The molecule has 1 aliphatic heterocycles. The molecule has 136 valence electrons. The maximum Gasteiger partial charge on any atom is 0.304 e. The molecule has 1 N–H and O–H groups in total. The van der Waals surface area contributed by atoms with E-state index in [1.807, 2.05) is 0 Å². The standard InChI is InChI=1S/C17H16F3N5O/c1-9(26)22-13-5-11-10(7-21-13)17(3-4-17)8-25(11)14-6-12(18)23-15(24-14)16(2,19)20/h5-7H,3-4,8H2,1-2H3,(H,21,22,26). The number of fused-ring (bicyclic) bond motifs is 2. The SMILES string of the molecule is CC(=O)Nc1cc2c(cn1)C1(CC1)CN2c1cc(F)nc(C(C)(F)F)n1. The van der Waals surface area contributed by atoms with Crippen molar-refractivity contribution >= 4 is 23.2 Å². The second-order valence-corrected chi connectivity index (χ2v) is 6.90. The number of carbonyl (C=O) groups is 1. The maximum absolute atomic E-state index is 13.9. The van der Waals surface area contributed by atoms with Crippen molar-refractivity contribution in [2.75, 3.05) is 16.8 Å². The zero-order chi connectivity index (χ0) is 18.7. The van der Waals surface area contributed by atoms with Gasteiger partial charge in [-0.2, -0.15) is 18.2 Å². The van der Waals surface area contributed by atoms with Gasteiger partial charge in [-0.15, -0.1) is 0 Å². The number of aromatic nitrogens is 3. The molecule has 1 fully saturated rings. The topological polar surface area (TPSA) is 71.0 Å². The third-order valence-corrected chi connectivity index (χ3v) is 4.71. The molecule has 1 saturated carbocycles. The van der Waals surface area contributed by atoms with E-state index in [1.165, 1.54) is 6.92 Å². The van der Waals surface area contributed by atoms with Gasteiger partial charge in [0.25, 0.3) is 0 Å². The average Bonchev–Trinajstić information content (AvgIpc) is 3.23. The third kappa shape index (κ3) is 2.77. The van der Waals surface area contributed by atoms with Gasteiger partial charge >= 0.3 is 5.92 Å². The first-order valence-corrected chi connectivity index (χ1v) is 8.16. The van der Waals surface area contributed by atoms with Crippen LogP contribution >= 0.6 is 0 Å². The number of carbonyl (C=O) groups excluding carboxylic acids is 1. The van der Waals surface area contributed by atoms with Crippen molar-refractivity contribution in [3.05, 3.63) is 35.7 Å². The van der Waals surface area contributed by atoms with Gasteiger partial charge in [-0.1, -0.05) is 0 Å². The molecule has 1 aliphatic carbocycles. The maximum atomic E-state index is 13.9. The predicted molar refractivity (Wildman–Crippen MR) is 88.0 cm³/mol. The molecule has 0 aromatic carbocycles. The number of anilines is 3. The van der Waals surface area contributed by atoms with E-state index in [4.69, 9.17) is 0 Å². The van der Waals surface area contributed by atoms with Gasteiger partial charge in [0.2, 0.25) is 17.7 Å². The molecular formula is C17H16F3N5O. The van der Waals surface area contributed by atoms with Crippen molar-refractivity contribution < 1.29 is 18.0 Å². The Balaban J connectivity index is 1.80.